The normalized spacial score (nSPS) is 11.2. The number of aliphatic imine (C=N–C) groups is 3. The molecule has 0 aromatic heterocycles. The Bertz CT molecular complexity index is 900. The van der Waals surface area contributed by atoms with E-state index in [2.05, 4.69) is 77.3 Å². The fourth-order valence-electron chi connectivity index (χ4n) is 2.60. The molecule has 0 fully saturated rings. The summed E-state index contributed by atoms with van der Waals surface area (Å²) in [6, 6.07) is 0. The van der Waals surface area contributed by atoms with Crippen molar-refractivity contribution in [2.24, 2.45) is 76.5 Å². The molecular formula is C34H77N9O4. The Morgan fingerprint density at radius 3 is 1.02 bits per heavy atom. The van der Waals surface area contributed by atoms with Crippen molar-refractivity contribution in [3.63, 3.8) is 0 Å². The summed E-state index contributed by atoms with van der Waals surface area (Å²) in [5.74, 6) is -0.879. The van der Waals surface area contributed by atoms with Crippen molar-refractivity contribution in [3.05, 3.63) is 0 Å². The Morgan fingerprint density at radius 1 is 0.468 bits per heavy atom. The lowest BCUT2D eigenvalue weighted by atomic mass is 9.91. The predicted octanol–water partition coefficient (Wildman–Crippen LogP) is 5.49. The highest BCUT2D eigenvalue weighted by Gasteiger charge is 2.14. The molecule has 0 unspecified atom stereocenters. The molecule has 0 atom stereocenters. The molecule has 14 N–H and O–H groups in total. The maximum absolute atomic E-state index is 10.0. The van der Waals surface area contributed by atoms with Crippen molar-refractivity contribution in [3.8, 4) is 0 Å². The zero-order chi connectivity index (χ0) is 38.9. The minimum atomic E-state index is -0.725. The maximum atomic E-state index is 10.0. The fraction of sp³-hybridized carbons (Fsp3) is 0.853. The first-order valence-corrected chi connectivity index (χ1v) is 16.2. The third-order valence-electron chi connectivity index (χ3n) is 5.04. The van der Waals surface area contributed by atoms with Crippen LogP contribution in [-0.4, -0.2) is 59.7 Å². The maximum Gasteiger partial charge on any atom is 0.303 e. The van der Waals surface area contributed by atoms with E-state index in [0.29, 0.717) is 17.4 Å². The average Bonchev–Trinajstić information content (AvgIpc) is 2.77. The van der Waals surface area contributed by atoms with Crippen LogP contribution >= 0.6 is 0 Å². The van der Waals surface area contributed by atoms with Gasteiger partial charge in [0.1, 0.15) is 0 Å². The first-order chi connectivity index (χ1) is 20.6. The predicted molar refractivity (Wildman–Crippen MR) is 202 cm³/mol. The number of carboxylic acids is 2. The SMILES string of the molecule is CC(C)(C)CC(=O)O.CC(C)(C)CCC(=O)O.CC(C)(C)CCCN=C(N)N.CC(C)(C)CCN=C(N)N.CC(C)(C)CN=C(N)N. The molecule has 0 aliphatic carbocycles. The van der Waals surface area contributed by atoms with Crippen molar-refractivity contribution in [1.29, 1.82) is 0 Å². The van der Waals surface area contributed by atoms with Gasteiger partial charge < -0.3 is 44.6 Å². The van der Waals surface area contributed by atoms with Gasteiger partial charge in [-0.05, 0) is 52.8 Å². The van der Waals surface area contributed by atoms with Gasteiger partial charge in [0.05, 0.1) is 6.42 Å². The molecule has 0 radical (unpaired) electrons. The van der Waals surface area contributed by atoms with Crippen LogP contribution in [0.4, 0.5) is 0 Å². The van der Waals surface area contributed by atoms with Crippen LogP contribution in [-0.2, 0) is 9.59 Å². The summed E-state index contributed by atoms with van der Waals surface area (Å²) in [6.07, 6.45) is 4.51. The van der Waals surface area contributed by atoms with Crippen molar-refractivity contribution >= 4 is 29.8 Å². The van der Waals surface area contributed by atoms with Gasteiger partial charge in [-0.2, -0.15) is 0 Å². The Kier molecular flexibility index (Phi) is 29.2. The number of hydrogen-bond acceptors (Lipinski definition) is 5. The van der Waals surface area contributed by atoms with Gasteiger partial charge in [-0.1, -0.05) is 104 Å². The summed E-state index contributed by atoms with van der Waals surface area (Å²) < 4.78 is 0. The fourth-order valence-corrected chi connectivity index (χ4v) is 2.60. The molecule has 0 aromatic carbocycles. The number of carboxylic acid groups (broad SMARTS) is 2. The Balaban J connectivity index is -0.000000157. The van der Waals surface area contributed by atoms with Gasteiger partial charge in [-0.3, -0.25) is 24.6 Å². The van der Waals surface area contributed by atoms with Crippen LogP contribution in [0.1, 0.15) is 142 Å². The lowest BCUT2D eigenvalue weighted by Crippen LogP contribution is -2.25. The summed E-state index contributed by atoms with van der Waals surface area (Å²) >= 11 is 0. The minimum absolute atomic E-state index is 0.0775. The van der Waals surface area contributed by atoms with E-state index in [4.69, 9.17) is 44.6 Å². The number of guanidine groups is 3. The van der Waals surface area contributed by atoms with E-state index in [1.54, 1.807) is 0 Å². The summed E-state index contributed by atoms with van der Waals surface area (Å²) in [4.78, 5) is 31.7. The number of carbonyl (C=O) groups is 2. The molecule has 0 saturated heterocycles. The second-order valence-corrected chi connectivity index (χ2v) is 17.5. The molecule has 0 aliphatic rings. The molecule has 0 heterocycles. The van der Waals surface area contributed by atoms with Crippen molar-refractivity contribution < 1.29 is 19.8 Å². The summed E-state index contributed by atoms with van der Waals surface area (Å²) in [5.41, 5.74) is 31.9. The molecule has 0 rings (SSSR count). The number of rotatable bonds is 9. The Morgan fingerprint density at radius 2 is 0.830 bits per heavy atom. The summed E-state index contributed by atoms with van der Waals surface area (Å²) in [5, 5.41) is 16.5. The van der Waals surface area contributed by atoms with Gasteiger partial charge in [-0.25, -0.2) is 0 Å². The number of aliphatic carboxylic acids is 2. The number of nitrogens with two attached hydrogens (primary N) is 6. The average molecular weight is 676 g/mol. The highest BCUT2D eigenvalue weighted by atomic mass is 16.4. The van der Waals surface area contributed by atoms with Gasteiger partial charge >= 0.3 is 11.9 Å². The molecule has 0 aromatic rings. The molecule has 0 bridgehead atoms. The van der Waals surface area contributed by atoms with Crippen LogP contribution in [0, 0.1) is 27.1 Å². The van der Waals surface area contributed by atoms with Crippen LogP contribution in [0.3, 0.4) is 0 Å². The third-order valence-corrected chi connectivity index (χ3v) is 5.04. The van der Waals surface area contributed by atoms with E-state index in [1.165, 1.54) is 0 Å². The number of nitrogens with zero attached hydrogens (tertiary/aromatic N) is 3. The van der Waals surface area contributed by atoms with Crippen LogP contribution in [0.2, 0.25) is 0 Å². The molecule has 13 nitrogen and oxygen atoms in total. The highest BCUT2D eigenvalue weighted by Crippen LogP contribution is 2.21. The zero-order valence-corrected chi connectivity index (χ0v) is 32.9. The molecule has 13 heteroatoms. The van der Waals surface area contributed by atoms with E-state index in [-0.39, 0.29) is 47.0 Å². The van der Waals surface area contributed by atoms with E-state index >= 15 is 0 Å². The second kappa shape index (κ2) is 25.8. The van der Waals surface area contributed by atoms with Gasteiger partial charge in [0.15, 0.2) is 17.9 Å². The molecule has 0 spiro atoms. The van der Waals surface area contributed by atoms with E-state index < -0.39 is 11.9 Å². The van der Waals surface area contributed by atoms with Gasteiger partial charge in [0.25, 0.3) is 0 Å². The lowest BCUT2D eigenvalue weighted by Gasteiger charge is -2.16. The quantitative estimate of drug-likeness (QED) is 0.0864. The second-order valence-electron chi connectivity index (χ2n) is 17.5. The molecule has 0 aliphatic heterocycles. The van der Waals surface area contributed by atoms with Gasteiger partial charge in [0, 0.05) is 26.1 Å². The summed E-state index contributed by atoms with van der Waals surface area (Å²) in [7, 11) is 0. The molecular weight excluding hydrogens is 598 g/mol. The van der Waals surface area contributed by atoms with Crippen molar-refractivity contribution in [2.75, 3.05) is 19.6 Å². The summed E-state index contributed by atoms with van der Waals surface area (Å²) in [6.45, 7) is 33.4. The van der Waals surface area contributed by atoms with Crippen molar-refractivity contribution in [1.82, 2.24) is 0 Å². The Hall–Kier alpha value is -3.25. The third kappa shape index (κ3) is 85.9. The van der Waals surface area contributed by atoms with Gasteiger partial charge in [0.2, 0.25) is 0 Å². The van der Waals surface area contributed by atoms with E-state index in [1.807, 2.05) is 41.5 Å². The van der Waals surface area contributed by atoms with E-state index in [0.717, 1.165) is 38.8 Å². The molecule has 47 heavy (non-hydrogen) atoms. The monoisotopic (exact) mass is 676 g/mol. The van der Waals surface area contributed by atoms with Crippen LogP contribution in [0.15, 0.2) is 15.0 Å². The first kappa shape index (κ1) is 53.2. The standard InChI is InChI=1S/C8H19N3.C7H17N3.C7H14O2.C6H15N3.C6H12O2/c1-8(2,3)5-4-6-11-7(9)10;1-7(2,3)4-5-10-6(8)9;1-7(2,3)5-4-6(8)9;1-6(2,3)4-9-5(7)8;1-6(2,3)4-5(7)8/h4-6H2,1-3H3,(H4,9,10,11);4-5H2,1-3H3,(H4,8,9,10);4-5H2,1-3H3,(H,8,9);4H2,1-3H3,(H4,7,8,9);4H2,1-3H3,(H,7,8). The molecule has 282 valence electrons. The van der Waals surface area contributed by atoms with Crippen LogP contribution in [0.25, 0.3) is 0 Å². The number of hydrogen-bond donors (Lipinski definition) is 8. The minimum Gasteiger partial charge on any atom is -0.481 e. The smallest absolute Gasteiger partial charge is 0.303 e. The van der Waals surface area contributed by atoms with Crippen LogP contribution in [0.5, 0.6) is 0 Å². The Labute approximate surface area is 287 Å². The zero-order valence-electron chi connectivity index (χ0n) is 32.9. The van der Waals surface area contributed by atoms with E-state index in [9.17, 15) is 9.59 Å². The van der Waals surface area contributed by atoms with Crippen molar-refractivity contribution in [2.45, 2.75) is 142 Å². The molecule has 0 saturated carbocycles. The van der Waals surface area contributed by atoms with Crippen LogP contribution < -0.4 is 34.4 Å². The topological polar surface area (TPSA) is 268 Å². The first-order valence-electron chi connectivity index (χ1n) is 16.2. The van der Waals surface area contributed by atoms with Gasteiger partial charge in [-0.15, -0.1) is 0 Å². The highest BCUT2D eigenvalue weighted by molar-refractivity contribution is 5.76. The lowest BCUT2D eigenvalue weighted by molar-refractivity contribution is -0.139. The largest absolute Gasteiger partial charge is 0.481 e. The molecule has 0 amide bonds.